The molecule has 0 atom stereocenters. The molecular formula is C17H22Cl2N4O4S. The van der Waals surface area contributed by atoms with Crippen LogP contribution < -0.4 is 15.8 Å². The summed E-state index contributed by atoms with van der Waals surface area (Å²) in [6.45, 7) is 5.30. The third-order valence-electron chi connectivity index (χ3n) is 3.41. The Morgan fingerprint density at radius 2 is 1.93 bits per heavy atom. The number of anilines is 2. The van der Waals surface area contributed by atoms with Gasteiger partial charge in [0.05, 0.1) is 21.3 Å². The van der Waals surface area contributed by atoms with Gasteiger partial charge in [-0.3, -0.25) is 4.79 Å². The number of rotatable bonds is 7. The normalized spacial score (nSPS) is 12.1. The molecule has 1 aromatic heterocycles. The van der Waals surface area contributed by atoms with Gasteiger partial charge >= 0.3 is 5.97 Å². The van der Waals surface area contributed by atoms with Crippen molar-refractivity contribution in [1.29, 1.82) is 0 Å². The van der Waals surface area contributed by atoms with Gasteiger partial charge < -0.3 is 15.4 Å². The Balaban J connectivity index is 2.30. The largest absolute Gasteiger partial charge is 0.459 e. The maximum absolute atomic E-state index is 11.9. The molecule has 0 saturated heterocycles. The predicted octanol–water partition coefficient (Wildman–Crippen LogP) is 3.00. The number of aromatic nitrogens is 1. The van der Waals surface area contributed by atoms with Crippen molar-refractivity contribution in [2.75, 3.05) is 29.5 Å². The van der Waals surface area contributed by atoms with Crippen LogP contribution in [0.3, 0.4) is 0 Å². The number of nitrogens with two attached hydrogens (primary N) is 1. The molecule has 0 fully saturated rings. The number of sulfonamides is 1. The second-order valence-electron chi connectivity index (χ2n) is 7.05. The molecule has 0 aliphatic rings. The summed E-state index contributed by atoms with van der Waals surface area (Å²) in [5.41, 5.74) is 0.368. The first-order chi connectivity index (χ1) is 12.9. The van der Waals surface area contributed by atoms with Crippen LogP contribution in [0, 0.1) is 0 Å². The van der Waals surface area contributed by atoms with E-state index in [0.29, 0.717) is 27.4 Å². The van der Waals surface area contributed by atoms with Crippen molar-refractivity contribution in [3.63, 3.8) is 0 Å². The van der Waals surface area contributed by atoms with Crippen molar-refractivity contribution < 1.29 is 17.9 Å². The van der Waals surface area contributed by atoms with Crippen LogP contribution in [-0.4, -0.2) is 43.8 Å². The molecule has 8 nitrogen and oxygen atoms in total. The molecule has 2 aromatic rings. The summed E-state index contributed by atoms with van der Waals surface area (Å²) in [7, 11) is -3.61. The Morgan fingerprint density at radius 1 is 1.25 bits per heavy atom. The number of hydrogen-bond donors (Lipinski definition) is 3. The van der Waals surface area contributed by atoms with E-state index in [1.165, 1.54) is 0 Å². The van der Waals surface area contributed by atoms with Gasteiger partial charge in [-0.2, -0.15) is 0 Å². The van der Waals surface area contributed by atoms with E-state index in [0.717, 1.165) is 0 Å². The van der Waals surface area contributed by atoms with Gasteiger partial charge in [0.25, 0.3) is 0 Å². The first-order valence-corrected chi connectivity index (χ1v) is 10.8. The molecule has 4 N–H and O–H groups in total. The number of halogens is 2. The van der Waals surface area contributed by atoms with E-state index in [4.69, 9.17) is 33.1 Å². The standard InChI is InChI=1S/C17H22Cl2N4O4S/c1-17(2,3)27-14(24)9-22-13-8-12(21-6-7-28(20,25)26)10-4-5-11(18)15(19)16(10)23-13/h4-5,8H,6-7,9H2,1-3H3,(H2,20,25,26)(H2,21,22,23). The monoisotopic (exact) mass is 448 g/mol. The average Bonchev–Trinajstić information content (AvgIpc) is 2.54. The van der Waals surface area contributed by atoms with E-state index in [2.05, 4.69) is 15.6 Å². The van der Waals surface area contributed by atoms with Crippen molar-refractivity contribution in [3.05, 3.63) is 28.2 Å². The van der Waals surface area contributed by atoms with Gasteiger partial charge in [-0.1, -0.05) is 23.2 Å². The van der Waals surface area contributed by atoms with Gasteiger partial charge in [0.2, 0.25) is 10.0 Å². The van der Waals surface area contributed by atoms with Crippen molar-refractivity contribution in [1.82, 2.24) is 4.98 Å². The number of esters is 1. The maximum Gasteiger partial charge on any atom is 0.325 e. The summed E-state index contributed by atoms with van der Waals surface area (Å²) in [6, 6.07) is 4.97. The van der Waals surface area contributed by atoms with E-state index in [9.17, 15) is 13.2 Å². The molecule has 11 heteroatoms. The lowest BCUT2D eigenvalue weighted by atomic mass is 10.1. The van der Waals surface area contributed by atoms with Crippen molar-refractivity contribution in [2.24, 2.45) is 5.14 Å². The summed E-state index contributed by atoms with van der Waals surface area (Å²) >= 11 is 12.3. The number of nitrogens with zero attached hydrogens (tertiary/aromatic N) is 1. The number of benzene rings is 1. The third kappa shape index (κ3) is 6.66. The second kappa shape index (κ2) is 8.69. The molecule has 1 aromatic carbocycles. The highest BCUT2D eigenvalue weighted by atomic mass is 35.5. The van der Waals surface area contributed by atoms with Crippen molar-refractivity contribution in [3.8, 4) is 0 Å². The fourth-order valence-corrected chi connectivity index (χ4v) is 3.09. The van der Waals surface area contributed by atoms with Crippen LogP contribution in [-0.2, 0) is 19.6 Å². The van der Waals surface area contributed by atoms with Gasteiger partial charge in [-0.25, -0.2) is 18.5 Å². The summed E-state index contributed by atoms with van der Waals surface area (Å²) in [5.74, 6) is -0.352. The van der Waals surface area contributed by atoms with Gasteiger partial charge in [0, 0.05) is 23.7 Å². The Kier molecular flexibility index (Phi) is 6.97. The summed E-state index contributed by atoms with van der Waals surface area (Å²) in [5, 5.41) is 12.1. The van der Waals surface area contributed by atoms with E-state index in [-0.39, 0.29) is 23.9 Å². The topological polar surface area (TPSA) is 123 Å². The zero-order valence-corrected chi connectivity index (χ0v) is 18.0. The molecule has 0 bridgehead atoms. The molecule has 154 valence electrons. The lowest BCUT2D eigenvalue weighted by molar-refractivity contribution is -0.152. The fraction of sp³-hybridized carbons (Fsp3) is 0.412. The molecule has 0 aliphatic heterocycles. The molecule has 0 unspecified atom stereocenters. The SMILES string of the molecule is CC(C)(C)OC(=O)CNc1cc(NCCS(N)(=O)=O)c2ccc(Cl)c(Cl)c2n1. The average molecular weight is 449 g/mol. The quantitative estimate of drug-likeness (QED) is 0.555. The van der Waals surface area contributed by atoms with Crippen LogP contribution in [0.25, 0.3) is 10.9 Å². The van der Waals surface area contributed by atoms with Crippen molar-refractivity contribution in [2.45, 2.75) is 26.4 Å². The van der Waals surface area contributed by atoms with Gasteiger partial charge in [-0.05, 0) is 32.9 Å². The van der Waals surface area contributed by atoms with Crippen LogP contribution in [0.5, 0.6) is 0 Å². The van der Waals surface area contributed by atoms with Gasteiger partial charge in [0.15, 0.2) is 0 Å². The smallest absolute Gasteiger partial charge is 0.325 e. The van der Waals surface area contributed by atoms with Crippen LogP contribution in [0.1, 0.15) is 20.8 Å². The Hall–Kier alpha value is -1.81. The number of carbonyl (C=O) groups is 1. The van der Waals surface area contributed by atoms with E-state index in [1.807, 2.05) is 0 Å². The highest BCUT2D eigenvalue weighted by molar-refractivity contribution is 7.89. The number of ether oxygens (including phenoxy) is 1. The maximum atomic E-state index is 11.9. The van der Waals surface area contributed by atoms with Gasteiger partial charge in [-0.15, -0.1) is 0 Å². The minimum absolute atomic E-state index is 0.0870. The van der Waals surface area contributed by atoms with E-state index < -0.39 is 21.6 Å². The first-order valence-electron chi connectivity index (χ1n) is 8.34. The minimum atomic E-state index is -3.61. The molecule has 0 spiro atoms. The summed E-state index contributed by atoms with van der Waals surface area (Å²) < 4.78 is 27.6. The lowest BCUT2D eigenvalue weighted by Gasteiger charge is -2.20. The van der Waals surface area contributed by atoms with E-state index >= 15 is 0 Å². The van der Waals surface area contributed by atoms with Gasteiger partial charge in [0.1, 0.15) is 18.0 Å². The molecule has 0 saturated carbocycles. The van der Waals surface area contributed by atoms with Crippen LogP contribution in [0.2, 0.25) is 10.0 Å². The Labute approximate surface area is 173 Å². The zero-order chi connectivity index (χ0) is 21.1. The molecule has 0 aliphatic carbocycles. The predicted molar refractivity (Wildman–Crippen MR) is 113 cm³/mol. The lowest BCUT2D eigenvalue weighted by Crippen LogP contribution is -2.28. The second-order valence-corrected chi connectivity index (χ2v) is 9.57. The number of hydrogen-bond acceptors (Lipinski definition) is 7. The Morgan fingerprint density at radius 3 is 2.54 bits per heavy atom. The summed E-state index contributed by atoms with van der Waals surface area (Å²) in [4.78, 5) is 16.3. The number of fused-ring (bicyclic) bond motifs is 1. The molecule has 28 heavy (non-hydrogen) atoms. The third-order valence-corrected chi connectivity index (χ3v) is 4.98. The Bertz CT molecular complexity index is 991. The number of primary sulfonamides is 1. The molecule has 0 radical (unpaired) electrons. The molecular weight excluding hydrogens is 427 g/mol. The first kappa shape index (κ1) is 22.5. The minimum Gasteiger partial charge on any atom is -0.459 e. The molecule has 2 rings (SSSR count). The van der Waals surface area contributed by atoms with Crippen molar-refractivity contribution >= 4 is 61.6 Å². The van der Waals surface area contributed by atoms with Crippen LogP contribution in [0.4, 0.5) is 11.5 Å². The van der Waals surface area contributed by atoms with E-state index in [1.54, 1.807) is 39.0 Å². The highest BCUT2D eigenvalue weighted by Crippen LogP contribution is 2.34. The number of carbonyl (C=O) groups excluding carboxylic acids is 1. The number of pyridine rings is 1. The van der Waals surface area contributed by atoms with Crippen LogP contribution in [0.15, 0.2) is 18.2 Å². The molecule has 1 heterocycles. The number of nitrogens with one attached hydrogen (secondary N) is 2. The fourth-order valence-electron chi connectivity index (χ4n) is 2.34. The zero-order valence-electron chi connectivity index (χ0n) is 15.7. The summed E-state index contributed by atoms with van der Waals surface area (Å²) in [6.07, 6.45) is 0. The highest BCUT2D eigenvalue weighted by Gasteiger charge is 2.17. The van der Waals surface area contributed by atoms with Crippen LogP contribution >= 0.6 is 23.2 Å². The molecule has 0 amide bonds.